The molecule has 0 radical (unpaired) electrons. The molecule has 134 valence electrons. The minimum absolute atomic E-state index is 0.232. The molecule has 3 heteroatoms. The van der Waals surface area contributed by atoms with Gasteiger partial charge in [-0.05, 0) is 26.2 Å². The lowest BCUT2D eigenvalue weighted by atomic mass is 9.87. The van der Waals surface area contributed by atoms with Crippen LogP contribution < -0.4 is 0 Å². The molecule has 0 atom stereocenters. The summed E-state index contributed by atoms with van der Waals surface area (Å²) in [5.74, 6) is 0.689. The number of esters is 1. The van der Waals surface area contributed by atoms with E-state index in [0.717, 1.165) is 18.8 Å². The Labute approximate surface area is 142 Å². The van der Waals surface area contributed by atoms with Crippen LogP contribution in [0, 0.1) is 11.3 Å². The number of hydrogen-bond acceptors (Lipinski definition) is 3. The van der Waals surface area contributed by atoms with Gasteiger partial charge in [0.05, 0.1) is 5.41 Å². The first-order valence-electron chi connectivity index (χ1n) is 9.71. The molecule has 1 aliphatic carbocycles. The van der Waals surface area contributed by atoms with Gasteiger partial charge in [-0.3, -0.25) is 9.59 Å². The second-order valence-corrected chi connectivity index (χ2v) is 7.90. The SMILES string of the molecule is CC(C)(CCCCCCCCCCCCC1CC1)C(=O)OC=O. The first-order valence-corrected chi connectivity index (χ1v) is 9.71. The molecule has 0 aromatic heterocycles. The summed E-state index contributed by atoms with van der Waals surface area (Å²) in [4.78, 5) is 21.8. The van der Waals surface area contributed by atoms with Crippen LogP contribution in [0.2, 0.25) is 0 Å². The maximum atomic E-state index is 11.6. The van der Waals surface area contributed by atoms with E-state index < -0.39 is 11.4 Å². The number of rotatable bonds is 15. The van der Waals surface area contributed by atoms with E-state index in [1.165, 1.54) is 77.0 Å². The van der Waals surface area contributed by atoms with E-state index >= 15 is 0 Å². The van der Waals surface area contributed by atoms with E-state index in [1.807, 2.05) is 13.8 Å². The highest BCUT2D eigenvalue weighted by atomic mass is 16.6. The predicted molar refractivity (Wildman–Crippen MR) is 94.1 cm³/mol. The van der Waals surface area contributed by atoms with Gasteiger partial charge in [-0.1, -0.05) is 83.5 Å². The van der Waals surface area contributed by atoms with Crippen LogP contribution in [0.15, 0.2) is 0 Å². The average Bonchev–Trinajstić information content (AvgIpc) is 3.32. The van der Waals surface area contributed by atoms with E-state index in [2.05, 4.69) is 4.74 Å². The molecule has 0 heterocycles. The predicted octanol–water partition coefficient (Wildman–Crippen LogP) is 5.80. The lowest BCUT2D eigenvalue weighted by Crippen LogP contribution is -2.26. The Hall–Kier alpha value is -0.860. The van der Waals surface area contributed by atoms with Crippen LogP contribution in [-0.4, -0.2) is 12.4 Å². The van der Waals surface area contributed by atoms with E-state index in [9.17, 15) is 9.59 Å². The Balaban J connectivity index is 1.81. The zero-order valence-electron chi connectivity index (χ0n) is 15.3. The summed E-state index contributed by atoms with van der Waals surface area (Å²) < 4.78 is 4.45. The first-order chi connectivity index (χ1) is 11.1. The highest BCUT2D eigenvalue weighted by Gasteiger charge is 2.28. The molecule has 0 saturated heterocycles. The number of carbonyl (C=O) groups is 2. The molecule has 0 aromatic carbocycles. The van der Waals surface area contributed by atoms with Gasteiger partial charge in [0, 0.05) is 0 Å². The zero-order chi connectivity index (χ0) is 17.0. The van der Waals surface area contributed by atoms with Crippen LogP contribution in [0.4, 0.5) is 0 Å². The Kier molecular flexibility index (Phi) is 10.2. The van der Waals surface area contributed by atoms with Crippen LogP contribution in [0.25, 0.3) is 0 Å². The fourth-order valence-corrected chi connectivity index (χ4v) is 3.13. The third-order valence-electron chi connectivity index (χ3n) is 5.07. The van der Waals surface area contributed by atoms with Gasteiger partial charge in [-0.2, -0.15) is 0 Å². The summed E-state index contributed by atoms with van der Waals surface area (Å²) in [5.41, 5.74) is -0.540. The van der Waals surface area contributed by atoms with Gasteiger partial charge in [0.2, 0.25) is 0 Å². The minimum Gasteiger partial charge on any atom is -0.395 e. The normalized spacial score (nSPS) is 14.7. The van der Waals surface area contributed by atoms with Gasteiger partial charge in [0.25, 0.3) is 0 Å². The Morgan fingerprint density at radius 1 is 0.913 bits per heavy atom. The van der Waals surface area contributed by atoms with Crippen molar-refractivity contribution in [3.63, 3.8) is 0 Å². The molecule has 0 bridgehead atoms. The van der Waals surface area contributed by atoms with Crippen molar-refractivity contribution in [3.05, 3.63) is 0 Å². The van der Waals surface area contributed by atoms with Crippen molar-refractivity contribution in [2.24, 2.45) is 11.3 Å². The highest BCUT2D eigenvalue weighted by Crippen LogP contribution is 2.34. The van der Waals surface area contributed by atoms with Crippen molar-refractivity contribution in [1.29, 1.82) is 0 Å². The second kappa shape index (κ2) is 11.6. The fraction of sp³-hybridized carbons (Fsp3) is 0.900. The van der Waals surface area contributed by atoms with Crippen LogP contribution in [0.1, 0.15) is 104 Å². The van der Waals surface area contributed by atoms with Gasteiger partial charge in [-0.25, -0.2) is 0 Å². The molecule has 0 unspecified atom stereocenters. The molecular formula is C20H36O3. The Bertz CT molecular complexity index is 332. The van der Waals surface area contributed by atoms with Crippen molar-refractivity contribution in [1.82, 2.24) is 0 Å². The molecule has 1 rings (SSSR count). The van der Waals surface area contributed by atoms with Crippen molar-refractivity contribution in [2.45, 2.75) is 104 Å². The third kappa shape index (κ3) is 10.5. The molecule has 0 amide bonds. The number of unbranched alkanes of at least 4 members (excludes halogenated alkanes) is 9. The molecule has 0 aliphatic heterocycles. The lowest BCUT2D eigenvalue weighted by molar-refractivity contribution is -0.159. The summed E-state index contributed by atoms with van der Waals surface area (Å²) in [6.07, 6.45) is 18.4. The van der Waals surface area contributed by atoms with Gasteiger partial charge in [0.15, 0.2) is 0 Å². The van der Waals surface area contributed by atoms with E-state index in [-0.39, 0.29) is 6.47 Å². The van der Waals surface area contributed by atoms with Gasteiger partial charge < -0.3 is 4.74 Å². The molecule has 0 aromatic rings. The van der Waals surface area contributed by atoms with E-state index in [0.29, 0.717) is 0 Å². The highest BCUT2D eigenvalue weighted by molar-refractivity contribution is 5.81. The third-order valence-corrected chi connectivity index (χ3v) is 5.07. The zero-order valence-corrected chi connectivity index (χ0v) is 15.3. The molecule has 1 saturated carbocycles. The first kappa shape index (κ1) is 20.2. The summed E-state index contributed by atoms with van der Waals surface area (Å²) in [5, 5.41) is 0. The average molecular weight is 325 g/mol. The molecule has 1 fully saturated rings. The number of carbonyl (C=O) groups excluding carboxylic acids is 2. The molecule has 0 N–H and O–H groups in total. The van der Waals surface area contributed by atoms with Crippen LogP contribution in [0.3, 0.4) is 0 Å². The van der Waals surface area contributed by atoms with Crippen molar-refractivity contribution < 1.29 is 14.3 Å². The summed E-state index contributed by atoms with van der Waals surface area (Å²) >= 11 is 0. The maximum Gasteiger partial charge on any atom is 0.318 e. The van der Waals surface area contributed by atoms with Crippen LogP contribution in [-0.2, 0) is 14.3 Å². The number of ether oxygens (including phenoxy) is 1. The molecule has 0 spiro atoms. The van der Waals surface area contributed by atoms with Crippen LogP contribution >= 0.6 is 0 Å². The fourth-order valence-electron chi connectivity index (χ4n) is 3.13. The quantitative estimate of drug-likeness (QED) is 0.165. The van der Waals surface area contributed by atoms with Gasteiger partial charge in [-0.15, -0.1) is 0 Å². The van der Waals surface area contributed by atoms with Crippen molar-refractivity contribution in [2.75, 3.05) is 0 Å². The van der Waals surface area contributed by atoms with E-state index in [1.54, 1.807) is 0 Å². The molecule has 23 heavy (non-hydrogen) atoms. The Morgan fingerprint density at radius 2 is 1.39 bits per heavy atom. The Morgan fingerprint density at radius 3 is 1.87 bits per heavy atom. The lowest BCUT2D eigenvalue weighted by Gasteiger charge is -2.20. The summed E-state index contributed by atoms with van der Waals surface area (Å²) in [6, 6.07) is 0. The monoisotopic (exact) mass is 324 g/mol. The smallest absolute Gasteiger partial charge is 0.318 e. The topological polar surface area (TPSA) is 43.4 Å². The van der Waals surface area contributed by atoms with Crippen molar-refractivity contribution >= 4 is 12.4 Å². The molecule has 1 aliphatic rings. The largest absolute Gasteiger partial charge is 0.395 e. The molecule has 3 nitrogen and oxygen atoms in total. The van der Waals surface area contributed by atoms with Crippen molar-refractivity contribution in [3.8, 4) is 0 Å². The van der Waals surface area contributed by atoms with Gasteiger partial charge in [0.1, 0.15) is 0 Å². The van der Waals surface area contributed by atoms with E-state index in [4.69, 9.17) is 0 Å². The second-order valence-electron chi connectivity index (χ2n) is 7.90. The summed E-state index contributed by atoms with van der Waals surface area (Å²) in [7, 11) is 0. The number of hydrogen-bond donors (Lipinski definition) is 0. The van der Waals surface area contributed by atoms with Crippen LogP contribution in [0.5, 0.6) is 0 Å². The molecular weight excluding hydrogens is 288 g/mol. The van der Waals surface area contributed by atoms with Gasteiger partial charge >= 0.3 is 12.4 Å². The summed E-state index contributed by atoms with van der Waals surface area (Å²) in [6.45, 7) is 3.93. The minimum atomic E-state index is -0.540. The maximum absolute atomic E-state index is 11.6. The standard InChI is InChI=1S/C20H36O3/c1-20(2,19(22)23-17-21)16-12-10-8-6-4-3-5-7-9-11-13-18-14-15-18/h17-18H,3-16H2,1-2H3.